The molecule has 7 heteroatoms. The maximum absolute atomic E-state index is 12.5. The number of amides is 1. The Bertz CT molecular complexity index is 710. The number of imidazole rings is 1. The summed E-state index contributed by atoms with van der Waals surface area (Å²) in [6.45, 7) is 6.97. The van der Waals surface area contributed by atoms with Gasteiger partial charge >= 0.3 is 0 Å². The molecule has 1 aromatic carbocycles. The van der Waals surface area contributed by atoms with Crippen LogP contribution in [-0.2, 0) is 11.8 Å². The average molecular weight is 364 g/mol. The highest BCUT2D eigenvalue weighted by Crippen LogP contribution is 2.20. The van der Waals surface area contributed by atoms with Crippen LogP contribution in [0.3, 0.4) is 0 Å². The van der Waals surface area contributed by atoms with Crippen LogP contribution < -0.4 is 10.6 Å². The molecule has 1 saturated heterocycles. The van der Waals surface area contributed by atoms with Gasteiger partial charge in [-0.15, -0.1) is 12.4 Å². The maximum Gasteiger partial charge on any atom is 0.238 e. The summed E-state index contributed by atoms with van der Waals surface area (Å²) in [4.78, 5) is 19.1. The van der Waals surface area contributed by atoms with E-state index >= 15 is 0 Å². The summed E-state index contributed by atoms with van der Waals surface area (Å²) in [7, 11) is 1.99. The van der Waals surface area contributed by atoms with E-state index in [9.17, 15) is 4.79 Å². The van der Waals surface area contributed by atoms with Crippen LogP contribution in [0.2, 0.25) is 0 Å². The Morgan fingerprint density at radius 2 is 2.04 bits per heavy atom. The molecule has 6 nitrogen and oxygen atoms in total. The van der Waals surface area contributed by atoms with Gasteiger partial charge in [-0.05, 0) is 37.1 Å². The number of rotatable bonds is 4. The third-order valence-corrected chi connectivity index (χ3v) is 4.36. The third kappa shape index (κ3) is 4.81. The molecule has 2 N–H and O–H groups in total. The standard InChI is InChI=1S/C18H25N5O.ClH/c1-13-8-14(2)10-15(9-13)21-17(24)12-23-7-4-19-11-16(23)18-20-5-6-22(18)3;/h5-6,8-10,16,19H,4,7,11-12H2,1-3H3,(H,21,24);1H. The fourth-order valence-electron chi connectivity index (χ4n) is 3.32. The topological polar surface area (TPSA) is 62.2 Å². The summed E-state index contributed by atoms with van der Waals surface area (Å²) < 4.78 is 2.02. The monoisotopic (exact) mass is 363 g/mol. The van der Waals surface area contributed by atoms with Crippen molar-refractivity contribution < 1.29 is 4.79 Å². The molecule has 25 heavy (non-hydrogen) atoms. The molecule has 2 aromatic rings. The van der Waals surface area contributed by atoms with E-state index in [1.54, 1.807) is 6.20 Å². The molecule has 136 valence electrons. The first kappa shape index (κ1) is 19.4. The number of hydrogen-bond acceptors (Lipinski definition) is 4. The molecule has 0 spiro atoms. The molecule has 1 amide bonds. The normalized spacial score (nSPS) is 17.8. The second-order valence-electron chi connectivity index (χ2n) is 6.51. The molecule has 1 atom stereocenters. The lowest BCUT2D eigenvalue weighted by molar-refractivity contribution is -0.118. The van der Waals surface area contributed by atoms with Crippen molar-refractivity contribution in [2.75, 3.05) is 31.5 Å². The van der Waals surface area contributed by atoms with Crippen molar-refractivity contribution in [2.45, 2.75) is 19.9 Å². The molecule has 2 heterocycles. The second-order valence-corrected chi connectivity index (χ2v) is 6.51. The Kier molecular flexibility index (Phi) is 6.58. The van der Waals surface area contributed by atoms with Crippen molar-refractivity contribution in [3.05, 3.63) is 47.5 Å². The molecule has 1 aromatic heterocycles. The van der Waals surface area contributed by atoms with E-state index in [-0.39, 0.29) is 24.4 Å². The molecule has 1 fully saturated rings. The minimum atomic E-state index is 0. The highest BCUT2D eigenvalue weighted by molar-refractivity contribution is 5.92. The highest BCUT2D eigenvalue weighted by Gasteiger charge is 2.28. The smallest absolute Gasteiger partial charge is 0.238 e. The molecule has 3 rings (SSSR count). The lowest BCUT2D eigenvalue weighted by Crippen LogP contribution is -2.49. The Balaban J connectivity index is 0.00000225. The van der Waals surface area contributed by atoms with Gasteiger partial charge in [0, 0.05) is 44.8 Å². The first-order chi connectivity index (χ1) is 11.5. The van der Waals surface area contributed by atoms with Crippen molar-refractivity contribution >= 4 is 24.0 Å². The number of aryl methyl sites for hydroxylation is 3. The number of hydrogen-bond donors (Lipinski definition) is 2. The van der Waals surface area contributed by atoms with Crippen LogP contribution in [0.25, 0.3) is 0 Å². The number of anilines is 1. The van der Waals surface area contributed by atoms with E-state index in [0.717, 1.165) is 42.3 Å². The van der Waals surface area contributed by atoms with Gasteiger partial charge in [-0.3, -0.25) is 9.69 Å². The van der Waals surface area contributed by atoms with Gasteiger partial charge in [-0.25, -0.2) is 4.98 Å². The largest absolute Gasteiger partial charge is 0.337 e. The zero-order valence-corrected chi connectivity index (χ0v) is 15.8. The summed E-state index contributed by atoms with van der Waals surface area (Å²) in [6, 6.07) is 6.21. The first-order valence-corrected chi connectivity index (χ1v) is 8.33. The summed E-state index contributed by atoms with van der Waals surface area (Å²) in [6.07, 6.45) is 3.75. The summed E-state index contributed by atoms with van der Waals surface area (Å²) in [5.74, 6) is 1.00. The van der Waals surface area contributed by atoms with Crippen LogP contribution in [0, 0.1) is 13.8 Å². The van der Waals surface area contributed by atoms with Gasteiger partial charge in [-0.1, -0.05) is 6.07 Å². The third-order valence-electron chi connectivity index (χ3n) is 4.36. The van der Waals surface area contributed by atoms with Crippen molar-refractivity contribution in [1.82, 2.24) is 19.8 Å². The number of benzene rings is 1. The molecular weight excluding hydrogens is 338 g/mol. The van der Waals surface area contributed by atoms with E-state index in [4.69, 9.17) is 0 Å². The van der Waals surface area contributed by atoms with Gasteiger partial charge in [0.15, 0.2) is 0 Å². The molecule has 1 unspecified atom stereocenters. The molecule has 1 aliphatic heterocycles. The Hall–Kier alpha value is -1.89. The Morgan fingerprint density at radius 3 is 2.68 bits per heavy atom. The van der Waals surface area contributed by atoms with Crippen molar-refractivity contribution in [1.29, 1.82) is 0 Å². The van der Waals surface area contributed by atoms with Gasteiger partial charge in [-0.2, -0.15) is 0 Å². The van der Waals surface area contributed by atoms with Gasteiger partial charge in [0.1, 0.15) is 5.82 Å². The first-order valence-electron chi connectivity index (χ1n) is 8.33. The minimum absolute atomic E-state index is 0. The highest BCUT2D eigenvalue weighted by atomic mass is 35.5. The molecule has 0 saturated carbocycles. The molecule has 0 bridgehead atoms. The molecular formula is C18H26ClN5O. The number of halogens is 1. The van der Waals surface area contributed by atoms with E-state index in [0.29, 0.717) is 6.54 Å². The van der Waals surface area contributed by atoms with Gasteiger partial charge < -0.3 is 15.2 Å². The van der Waals surface area contributed by atoms with Crippen LogP contribution >= 0.6 is 12.4 Å². The zero-order valence-electron chi connectivity index (χ0n) is 15.0. The van der Waals surface area contributed by atoms with Crippen LogP contribution in [0.1, 0.15) is 23.0 Å². The molecule has 0 aliphatic carbocycles. The van der Waals surface area contributed by atoms with E-state index in [1.165, 1.54) is 0 Å². The Labute approximate surface area is 155 Å². The summed E-state index contributed by atoms with van der Waals surface area (Å²) in [5, 5.41) is 6.41. The van der Waals surface area contributed by atoms with Crippen molar-refractivity contribution in [3.63, 3.8) is 0 Å². The van der Waals surface area contributed by atoms with Gasteiger partial charge in [0.25, 0.3) is 0 Å². The fraction of sp³-hybridized carbons (Fsp3) is 0.444. The SMILES string of the molecule is Cc1cc(C)cc(NC(=O)CN2CCNCC2c2nccn2C)c1.Cl. The number of aromatic nitrogens is 2. The Morgan fingerprint density at radius 1 is 1.32 bits per heavy atom. The summed E-state index contributed by atoms with van der Waals surface area (Å²) >= 11 is 0. The van der Waals surface area contributed by atoms with Crippen molar-refractivity contribution in [3.8, 4) is 0 Å². The predicted octanol–water partition coefficient (Wildman–Crippen LogP) is 2.04. The maximum atomic E-state index is 12.5. The number of carbonyl (C=O) groups excluding carboxylic acids is 1. The van der Waals surface area contributed by atoms with Crippen molar-refractivity contribution in [2.24, 2.45) is 7.05 Å². The predicted molar refractivity (Wildman–Crippen MR) is 102 cm³/mol. The number of piperazine rings is 1. The average Bonchev–Trinajstić information content (AvgIpc) is 2.92. The number of nitrogens with one attached hydrogen (secondary N) is 2. The number of carbonyl (C=O) groups is 1. The quantitative estimate of drug-likeness (QED) is 0.872. The van der Waals surface area contributed by atoms with E-state index in [2.05, 4.69) is 26.6 Å². The lowest BCUT2D eigenvalue weighted by atomic mass is 10.1. The van der Waals surface area contributed by atoms with Crippen LogP contribution in [-0.4, -0.2) is 46.5 Å². The molecule has 1 aliphatic rings. The van der Waals surface area contributed by atoms with Gasteiger partial charge in [0.2, 0.25) is 5.91 Å². The summed E-state index contributed by atoms with van der Waals surface area (Å²) in [5.41, 5.74) is 3.16. The van der Waals surface area contributed by atoms with Crippen LogP contribution in [0.15, 0.2) is 30.6 Å². The molecule has 0 radical (unpaired) electrons. The zero-order chi connectivity index (χ0) is 17.1. The van der Waals surface area contributed by atoms with Gasteiger partial charge in [0.05, 0.1) is 12.6 Å². The van der Waals surface area contributed by atoms with E-state index in [1.807, 2.05) is 43.8 Å². The number of nitrogens with zero attached hydrogens (tertiary/aromatic N) is 3. The van der Waals surface area contributed by atoms with E-state index < -0.39 is 0 Å². The van der Waals surface area contributed by atoms with Crippen LogP contribution in [0.4, 0.5) is 5.69 Å². The fourth-order valence-corrected chi connectivity index (χ4v) is 3.32. The second kappa shape index (κ2) is 8.47. The minimum Gasteiger partial charge on any atom is -0.337 e. The van der Waals surface area contributed by atoms with Crippen LogP contribution in [0.5, 0.6) is 0 Å². The lowest BCUT2D eigenvalue weighted by Gasteiger charge is -2.35.